The summed E-state index contributed by atoms with van der Waals surface area (Å²) in [5.74, 6) is -1.48. The number of hydrogen-bond donors (Lipinski definition) is 0. The Balaban J connectivity index is 2.85. The predicted octanol–water partition coefficient (Wildman–Crippen LogP) is 4.79. The van der Waals surface area contributed by atoms with E-state index in [-0.39, 0.29) is 14.5 Å². The lowest BCUT2D eigenvalue weighted by atomic mass is 10.2. The molecule has 0 aliphatic carbocycles. The maximum absolute atomic E-state index is 12.7. The van der Waals surface area contributed by atoms with Gasteiger partial charge in [0.2, 0.25) is 5.82 Å². The second-order valence-electron chi connectivity index (χ2n) is 3.52. The third-order valence-electron chi connectivity index (χ3n) is 2.23. The lowest BCUT2D eigenvalue weighted by Crippen LogP contribution is -2.13. The van der Waals surface area contributed by atoms with E-state index in [1.165, 1.54) is 0 Å². The van der Waals surface area contributed by atoms with Gasteiger partial charge >= 0.3 is 12.4 Å². The van der Waals surface area contributed by atoms with Gasteiger partial charge in [-0.3, -0.25) is 4.40 Å². The highest BCUT2D eigenvalue weighted by Gasteiger charge is 2.39. The average molecular weight is 367 g/mol. The van der Waals surface area contributed by atoms with Gasteiger partial charge in [0.15, 0.2) is 0 Å². The Kier molecular flexibility index (Phi) is 3.25. The first-order valence-corrected chi connectivity index (χ1v) is 5.70. The molecule has 2 heterocycles. The first-order valence-electron chi connectivity index (χ1n) is 4.53. The van der Waals surface area contributed by atoms with Gasteiger partial charge in [-0.2, -0.15) is 26.3 Å². The van der Waals surface area contributed by atoms with Crippen LogP contribution in [0, 0.1) is 0 Å². The van der Waals surface area contributed by atoms with Gasteiger partial charge in [-0.1, -0.05) is 11.6 Å². The Labute approximate surface area is 115 Å². The summed E-state index contributed by atoms with van der Waals surface area (Å²) >= 11 is 8.32. The standard InChI is InChI=1S/C9H2BrClF6N2/c10-6-5-4(11)1-3(8(12,13)14)2-19(5)7(18-6)9(15,16)17/h1-2H. The number of alkyl halides is 6. The molecule has 2 aromatic rings. The number of pyridine rings is 1. The Morgan fingerprint density at radius 2 is 1.68 bits per heavy atom. The fourth-order valence-electron chi connectivity index (χ4n) is 1.48. The van der Waals surface area contributed by atoms with Crippen LogP contribution in [-0.4, -0.2) is 9.38 Å². The summed E-state index contributed by atoms with van der Waals surface area (Å²) in [6.45, 7) is 0. The fraction of sp³-hybridized carbons (Fsp3) is 0.222. The summed E-state index contributed by atoms with van der Waals surface area (Å²) in [5, 5.41) is -0.482. The summed E-state index contributed by atoms with van der Waals surface area (Å²) in [5.41, 5.74) is -1.57. The first kappa shape index (κ1) is 14.4. The molecule has 0 bridgehead atoms. The normalized spacial score (nSPS) is 13.3. The van der Waals surface area contributed by atoms with E-state index in [0.717, 1.165) is 0 Å². The predicted molar refractivity (Wildman–Crippen MR) is 57.9 cm³/mol. The second-order valence-corrected chi connectivity index (χ2v) is 4.68. The molecular formula is C9H2BrClF6N2. The molecule has 19 heavy (non-hydrogen) atoms. The average Bonchev–Trinajstić information content (AvgIpc) is 2.54. The van der Waals surface area contributed by atoms with Crippen molar-refractivity contribution in [3.63, 3.8) is 0 Å². The van der Waals surface area contributed by atoms with Crippen molar-refractivity contribution >= 4 is 33.0 Å². The highest BCUT2D eigenvalue weighted by molar-refractivity contribution is 9.10. The van der Waals surface area contributed by atoms with Gasteiger partial charge in [0.25, 0.3) is 0 Å². The summed E-state index contributed by atoms with van der Waals surface area (Å²) < 4.78 is 75.6. The molecule has 0 spiro atoms. The number of aromatic nitrogens is 2. The molecule has 0 radical (unpaired) electrons. The Morgan fingerprint density at radius 3 is 2.16 bits per heavy atom. The minimum atomic E-state index is -4.90. The van der Waals surface area contributed by atoms with Gasteiger partial charge in [-0.25, -0.2) is 4.98 Å². The highest BCUT2D eigenvalue weighted by atomic mass is 79.9. The third-order valence-corrected chi connectivity index (χ3v) is 3.07. The van der Waals surface area contributed by atoms with Crippen LogP contribution in [0.15, 0.2) is 16.9 Å². The Hall–Kier alpha value is -0.960. The quantitative estimate of drug-likeness (QED) is 0.612. The van der Waals surface area contributed by atoms with Crippen molar-refractivity contribution in [3.8, 4) is 0 Å². The van der Waals surface area contributed by atoms with Crippen LogP contribution in [0.4, 0.5) is 26.3 Å². The van der Waals surface area contributed by atoms with Crippen LogP contribution in [0.2, 0.25) is 5.02 Å². The summed E-state index contributed by atoms with van der Waals surface area (Å²) in [6.07, 6.45) is -9.40. The zero-order valence-corrected chi connectivity index (χ0v) is 10.9. The maximum Gasteiger partial charge on any atom is 0.450 e. The number of imidazole rings is 1. The van der Waals surface area contributed by atoms with E-state index < -0.39 is 28.8 Å². The number of halogens is 8. The minimum absolute atomic E-state index is 0.273. The lowest BCUT2D eigenvalue weighted by molar-refractivity contribution is -0.146. The van der Waals surface area contributed by atoms with Gasteiger partial charge in [-0.05, 0) is 22.0 Å². The molecular weight excluding hydrogens is 365 g/mol. The molecule has 0 aliphatic heterocycles. The van der Waals surface area contributed by atoms with Crippen molar-refractivity contribution in [3.05, 3.63) is 33.3 Å². The van der Waals surface area contributed by atoms with E-state index in [0.29, 0.717) is 12.3 Å². The van der Waals surface area contributed by atoms with E-state index >= 15 is 0 Å². The van der Waals surface area contributed by atoms with E-state index in [1.54, 1.807) is 0 Å². The fourth-order valence-corrected chi connectivity index (χ4v) is 2.47. The molecule has 2 aromatic heterocycles. The van der Waals surface area contributed by atoms with Crippen molar-refractivity contribution < 1.29 is 26.3 Å². The van der Waals surface area contributed by atoms with Gasteiger partial charge in [0.05, 0.1) is 16.1 Å². The van der Waals surface area contributed by atoms with Crippen LogP contribution in [0.3, 0.4) is 0 Å². The molecule has 0 aliphatic rings. The maximum atomic E-state index is 12.7. The summed E-state index contributed by atoms with van der Waals surface area (Å²) in [7, 11) is 0. The molecule has 0 N–H and O–H groups in total. The number of nitrogens with zero attached hydrogens (tertiary/aromatic N) is 2. The SMILES string of the molecule is FC(F)(F)c1cc(Cl)c2c(Br)nc(C(F)(F)F)n2c1. The number of hydrogen-bond acceptors (Lipinski definition) is 1. The summed E-state index contributed by atoms with van der Waals surface area (Å²) in [4.78, 5) is 3.15. The van der Waals surface area contributed by atoms with Crippen LogP contribution >= 0.6 is 27.5 Å². The van der Waals surface area contributed by atoms with Crippen LogP contribution < -0.4 is 0 Å². The molecule has 2 rings (SSSR count). The number of rotatable bonds is 0. The topological polar surface area (TPSA) is 17.3 Å². The molecule has 10 heteroatoms. The van der Waals surface area contributed by atoms with Crippen LogP contribution in [-0.2, 0) is 12.4 Å². The van der Waals surface area contributed by atoms with Crippen molar-refractivity contribution in [2.45, 2.75) is 12.4 Å². The lowest BCUT2D eigenvalue weighted by Gasteiger charge is -2.10. The molecule has 104 valence electrons. The molecule has 0 saturated carbocycles. The Bertz CT molecular complexity index is 645. The molecule has 0 aromatic carbocycles. The van der Waals surface area contributed by atoms with Gasteiger partial charge in [0, 0.05) is 6.20 Å². The van der Waals surface area contributed by atoms with E-state index in [2.05, 4.69) is 20.9 Å². The van der Waals surface area contributed by atoms with E-state index in [1.807, 2.05) is 0 Å². The van der Waals surface area contributed by atoms with Gasteiger partial charge < -0.3 is 0 Å². The third kappa shape index (κ3) is 2.53. The molecule has 0 atom stereocenters. The van der Waals surface area contributed by atoms with Crippen LogP contribution in [0.5, 0.6) is 0 Å². The monoisotopic (exact) mass is 366 g/mol. The molecule has 2 nitrogen and oxygen atoms in total. The van der Waals surface area contributed by atoms with E-state index in [9.17, 15) is 26.3 Å². The zero-order chi connectivity index (χ0) is 14.6. The van der Waals surface area contributed by atoms with Crippen molar-refractivity contribution in [2.75, 3.05) is 0 Å². The largest absolute Gasteiger partial charge is 0.450 e. The van der Waals surface area contributed by atoms with Crippen LogP contribution in [0.25, 0.3) is 5.52 Å². The first-order chi connectivity index (χ1) is 8.51. The smallest absolute Gasteiger partial charge is 0.293 e. The molecule has 0 fully saturated rings. The van der Waals surface area contributed by atoms with Crippen LogP contribution in [0.1, 0.15) is 11.4 Å². The summed E-state index contributed by atoms with van der Waals surface area (Å²) in [6, 6.07) is 0.545. The van der Waals surface area contributed by atoms with Crippen molar-refractivity contribution in [1.29, 1.82) is 0 Å². The molecule has 0 amide bonds. The Morgan fingerprint density at radius 1 is 1.11 bits per heavy atom. The van der Waals surface area contributed by atoms with E-state index in [4.69, 9.17) is 11.6 Å². The highest BCUT2D eigenvalue weighted by Crippen LogP contribution is 2.38. The minimum Gasteiger partial charge on any atom is -0.293 e. The second kappa shape index (κ2) is 4.27. The van der Waals surface area contributed by atoms with Gasteiger partial charge in [0.1, 0.15) is 4.60 Å². The molecule has 0 saturated heterocycles. The molecule has 0 unspecified atom stereocenters. The van der Waals surface area contributed by atoms with Crippen molar-refractivity contribution in [2.24, 2.45) is 0 Å². The van der Waals surface area contributed by atoms with Gasteiger partial charge in [-0.15, -0.1) is 0 Å². The zero-order valence-electron chi connectivity index (χ0n) is 8.57. The number of fused-ring (bicyclic) bond motifs is 1. The van der Waals surface area contributed by atoms with Crippen molar-refractivity contribution in [1.82, 2.24) is 9.38 Å².